The maximum atomic E-state index is 13.3. The normalized spacial score (nSPS) is 15.6. The third-order valence-electron chi connectivity index (χ3n) is 4.59. The summed E-state index contributed by atoms with van der Waals surface area (Å²) in [4.78, 5) is 15.2. The summed E-state index contributed by atoms with van der Waals surface area (Å²) in [7, 11) is 0. The Hall–Kier alpha value is -2.53. The number of aromatic hydroxyl groups is 1. The maximum Gasteiger partial charge on any atom is 0.259 e. The molecule has 1 N–H and O–H groups in total. The Morgan fingerprint density at radius 3 is 2.72 bits per heavy atom. The summed E-state index contributed by atoms with van der Waals surface area (Å²) in [6, 6.07) is 16.5. The number of phenols is 1. The molecule has 126 valence electrons. The average molecular weight is 397 g/mol. The van der Waals surface area contributed by atoms with E-state index in [0.717, 1.165) is 28.0 Å². The van der Waals surface area contributed by atoms with Crippen molar-refractivity contribution in [2.24, 2.45) is 0 Å². The van der Waals surface area contributed by atoms with E-state index in [4.69, 9.17) is 0 Å². The lowest BCUT2D eigenvalue weighted by atomic mass is 10.0. The SMILES string of the molecule is CCC1c2cccn2-c2ccc(Br)cc2N1C(=O)c1cccc(O)c1. The molecular weight excluding hydrogens is 380 g/mol. The number of anilines is 1. The number of benzene rings is 2. The second kappa shape index (κ2) is 6.08. The van der Waals surface area contributed by atoms with Gasteiger partial charge >= 0.3 is 0 Å². The van der Waals surface area contributed by atoms with Crippen molar-refractivity contribution in [1.29, 1.82) is 0 Å². The fourth-order valence-corrected chi connectivity index (χ4v) is 3.85. The number of hydrogen-bond acceptors (Lipinski definition) is 2. The molecule has 3 aromatic rings. The van der Waals surface area contributed by atoms with Crippen molar-refractivity contribution in [3.63, 3.8) is 0 Å². The van der Waals surface area contributed by atoms with Crippen LogP contribution in [0.15, 0.2) is 65.3 Å². The summed E-state index contributed by atoms with van der Waals surface area (Å²) in [5.41, 5.74) is 3.40. The molecule has 0 saturated heterocycles. The molecule has 0 radical (unpaired) electrons. The fraction of sp³-hybridized carbons (Fsp3) is 0.150. The molecular formula is C20H17BrN2O2. The van der Waals surface area contributed by atoms with Gasteiger partial charge in [0.1, 0.15) is 5.75 Å². The Balaban J connectivity index is 1.92. The third-order valence-corrected chi connectivity index (χ3v) is 5.08. The zero-order chi connectivity index (χ0) is 17.6. The minimum absolute atomic E-state index is 0.0633. The Bertz CT molecular complexity index is 964. The van der Waals surface area contributed by atoms with Gasteiger partial charge in [-0.25, -0.2) is 0 Å². The van der Waals surface area contributed by atoms with E-state index < -0.39 is 0 Å². The van der Waals surface area contributed by atoms with Crippen LogP contribution >= 0.6 is 15.9 Å². The van der Waals surface area contributed by atoms with E-state index in [2.05, 4.69) is 33.5 Å². The second-order valence-electron chi connectivity index (χ2n) is 6.09. The van der Waals surface area contributed by atoms with Crippen molar-refractivity contribution in [3.05, 3.63) is 76.5 Å². The molecule has 1 amide bonds. The minimum Gasteiger partial charge on any atom is -0.508 e. The van der Waals surface area contributed by atoms with Gasteiger partial charge in [0.05, 0.1) is 17.4 Å². The van der Waals surface area contributed by atoms with Crippen LogP contribution < -0.4 is 4.90 Å². The zero-order valence-electron chi connectivity index (χ0n) is 13.7. The molecule has 4 rings (SSSR count). The predicted molar refractivity (Wildman–Crippen MR) is 101 cm³/mol. The average Bonchev–Trinajstić information content (AvgIpc) is 3.09. The first-order valence-electron chi connectivity index (χ1n) is 8.20. The van der Waals surface area contributed by atoms with Gasteiger partial charge in [-0.05, 0) is 55.0 Å². The lowest BCUT2D eigenvalue weighted by Crippen LogP contribution is -2.39. The van der Waals surface area contributed by atoms with Crippen LogP contribution in [0.3, 0.4) is 0 Å². The van der Waals surface area contributed by atoms with E-state index >= 15 is 0 Å². The number of fused-ring (bicyclic) bond motifs is 3. The molecule has 2 heterocycles. The van der Waals surface area contributed by atoms with E-state index in [1.54, 1.807) is 18.2 Å². The van der Waals surface area contributed by atoms with Crippen molar-refractivity contribution < 1.29 is 9.90 Å². The van der Waals surface area contributed by atoms with Crippen molar-refractivity contribution in [3.8, 4) is 11.4 Å². The van der Waals surface area contributed by atoms with Crippen LogP contribution in [0.4, 0.5) is 5.69 Å². The summed E-state index contributed by atoms with van der Waals surface area (Å²) >= 11 is 3.52. The van der Waals surface area contributed by atoms with Gasteiger partial charge in [0.25, 0.3) is 5.91 Å². The van der Waals surface area contributed by atoms with Crippen molar-refractivity contribution >= 4 is 27.5 Å². The van der Waals surface area contributed by atoms with Crippen LogP contribution in [0.2, 0.25) is 0 Å². The van der Waals surface area contributed by atoms with Crippen LogP contribution in [0, 0.1) is 0 Å². The van der Waals surface area contributed by atoms with Crippen LogP contribution in [-0.2, 0) is 0 Å². The predicted octanol–water partition coefficient (Wildman–Crippen LogP) is 5.06. The molecule has 1 unspecified atom stereocenters. The molecule has 0 spiro atoms. The lowest BCUT2D eigenvalue weighted by molar-refractivity contribution is 0.0973. The number of carbonyl (C=O) groups is 1. The van der Waals surface area contributed by atoms with Gasteiger partial charge in [-0.1, -0.05) is 28.9 Å². The fourth-order valence-electron chi connectivity index (χ4n) is 3.50. The Kier molecular flexibility index (Phi) is 3.88. The highest BCUT2D eigenvalue weighted by atomic mass is 79.9. The standard InChI is InChI=1S/C20H17BrN2O2/c1-2-16-17-7-4-10-22(17)18-9-8-14(21)12-19(18)23(16)20(25)13-5-3-6-15(24)11-13/h3-12,16,24H,2H2,1H3. The molecule has 1 aromatic heterocycles. The molecule has 0 saturated carbocycles. The first kappa shape index (κ1) is 16.0. The maximum absolute atomic E-state index is 13.3. The van der Waals surface area contributed by atoms with Gasteiger partial charge in [0.15, 0.2) is 0 Å². The topological polar surface area (TPSA) is 45.5 Å². The van der Waals surface area contributed by atoms with Gasteiger partial charge in [-0.3, -0.25) is 9.69 Å². The number of phenolic OH excluding ortho intramolecular Hbond substituents is 1. The number of nitrogens with zero attached hydrogens (tertiary/aromatic N) is 2. The van der Waals surface area contributed by atoms with Gasteiger partial charge in [-0.15, -0.1) is 0 Å². The highest BCUT2D eigenvalue weighted by Gasteiger charge is 2.34. The van der Waals surface area contributed by atoms with E-state index in [9.17, 15) is 9.90 Å². The highest BCUT2D eigenvalue weighted by molar-refractivity contribution is 9.10. The highest BCUT2D eigenvalue weighted by Crippen LogP contribution is 2.42. The second-order valence-corrected chi connectivity index (χ2v) is 7.00. The van der Waals surface area contributed by atoms with Gasteiger partial charge in [0.2, 0.25) is 0 Å². The van der Waals surface area contributed by atoms with E-state index in [-0.39, 0.29) is 17.7 Å². The summed E-state index contributed by atoms with van der Waals surface area (Å²) in [5.74, 6) is -0.0247. The van der Waals surface area contributed by atoms with Gasteiger partial charge in [-0.2, -0.15) is 0 Å². The quantitative estimate of drug-likeness (QED) is 0.657. The first-order valence-corrected chi connectivity index (χ1v) is 8.99. The molecule has 1 aliphatic heterocycles. The Morgan fingerprint density at radius 2 is 1.96 bits per heavy atom. The van der Waals surface area contributed by atoms with E-state index in [1.165, 1.54) is 6.07 Å². The number of rotatable bonds is 2. The Labute approximate surface area is 154 Å². The van der Waals surface area contributed by atoms with Gasteiger partial charge < -0.3 is 9.67 Å². The number of aromatic nitrogens is 1. The zero-order valence-corrected chi connectivity index (χ0v) is 15.3. The smallest absolute Gasteiger partial charge is 0.259 e. The molecule has 1 aliphatic rings. The molecule has 25 heavy (non-hydrogen) atoms. The number of carbonyl (C=O) groups excluding carboxylic acids is 1. The number of amides is 1. The van der Waals surface area contributed by atoms with Crippen molar-refractivity contribution in [2.45, 2.75) is 19.4 Å². The molecule has 2 aromatic carbocycles. The molecule has 4 nitrogen and oxygen atoms in total. The molecule has 5 heteroatoms. The van der Waals surface area contributed by atoms with Crippen molar-refractivity contribution in [1.82, 2.24) is 4.57 Å². The largest absolute Gasteiger partial charge is 0.508 e. The van der Waals surface area contributed by atoms with E-state index in [0.29, 0.717) is 5.56 Å². The molecule has 1 atom stereocenters. The number of hydrogen-bond donors (Lipinski definition) is 1. The summed E-state index contributed by atoms with van der Waals surface area (Å²) in [6.07, 6.45) is 2.82. The van der Waals surface area contributed by atoms with E-state index in [1.807, 2.05) is 35.4 Å². The molecule has 0 fully saturated rings. The molecule has 0 bridgehead atoms. The monoisotopic (exact) mass is 396 g/mol. The summed E-state index contributed by atoms with van der Waals surface area (Å²) < 4.78 is 3.06. The lowest BCUT2D eigenvalue weighted by Gasteiger charge is -2.38. The minimum atomic E-state index is -0.116. The van der Waals surface area contributed by atoms with Crippen LogP contribution in [-0.4, -0.2) is 15.6 Å². The first-order chi connectivity index (χ1) is 12.1. The van der Waals surface area contributed by atoms with Crippen LogP contribution in [0.1, 0.15) is 35.4 Å². The van der Waals surface area contributed by atoms with Crippen LogP contribution in [0.5, 0.6) is 5.75 Å². The summed E-state index contributed by atoms with van der Waals surface area (Å²) in [5, 5.41) is 9.77. The van der Waals surface area contributed by atoms with Crippen LogP contribution in [0.25, 0.3) is 5.69 Å². The summed E-state index contributed by atoms with van der Waals surface area (Å²) in [6.45, 7) is 2.08. The van der Waals surface area contributed by atoms with Crippen molar-refractivity contribution in [2.75, 3.05) is 4.90 Å². The van der Waals surface area contributed by atoms with Gasteiger partial charge in [0, 0.05) is 21.9 Å². The number of halogens is 1. The Morgan fingerprint density at radius 1 is 1.12 bits per heavy atom. The third kappa shape index (κ3) is 2.55. The molecule has 0 aliphatic carbocycles.